The second-order valence-electron chi connectivity index (χ2n) is 21.1. The van der Waals surface area contributed by atoms with Crippen LogP contribution in [-0.4, -0.2) is 52.4 Å². The second-order valence-corrected chi connectivity index (χ2v) is 21.1. The van der Waals surface area contributed by atoms with E-state index < -0.39 is 5.60 Å². The molecule has 70 heavy (non-hydrogen) atoms. The van der Waals surface area contributed by atoms with Gasteiger partial charge >= 0.3 is 0 Å². The summed E-state index contributed by atoms with van der Waals surface area (Å²) in [4.78, 5) is 9.44. The molecule has 354 valence electrons. The number of pyridine rings is 2. The number of nitrogens with zero attached hydrogens (tertiary/aromatic N) is 7. The van der Waals surface area contributed by atoms with Gasteiger partial charge in [0.2, 0.25) is 0 Å². The topological polar surface area (TPSA) is 118 Å². The fourth-order valence-electron chi connectivity index (χ4n) is 13.5. The molecule has 0 unspecified atom stereocenters. The third kappa shape index (κ3) is 8.09. The van der Waals surface area contributed by atoms with Crippen molar-refractivity contribution in [1.29, 1.82) is 5.26 Å². The molecule has 9 nitrogen and oxygen atoms in total. The Morgan fingerprint density at radius 3 is 1.61 bits per heavy atom. The van der Waals surface area contributed by atoms with Gasteiger partial charge in [0.15, 0.2) is 0 Å². The summed E-state index contributed by atoms with van der Waals surface area (Å²) in [5, 5.41) is 32.2. The highest BCUT2D eigenvalue weighted by atomic mass is 19.1. The van der Waals surface area contributed by atoms with Crippen LogP contribution in [0.1, 0.15) is 104 Å². The van der Waals surface area contributed by atoms with Crippen molar-refractivity contribution >= 4 is 21.8 Å². The lowest BCUT2D eigenvalue weighted by Gasteiger charge is -2.50. The molecule has 0 amide bonds. The molecule has 4 aromatic heterocycles. The molecular weight excluding hydrogens is 877 g/mol. The summed E-state index contributed by atoms with van der Waals surface area (Å²) in [6, 6.07) is 36.9. The molecule has 0 radical (unpaired) electrons. The summed E-state index contributed by atoms with van der Waals surface area (Å²) < 4.78 is 36.8. The fraction of sp³-hybridized carbons (Fsp3) is 0.373. The van der Waals surface area contributed by atoms with Crippen molar-refractivity contribution in [2.75, 3.05) is 6.61 Å². The summed E-state index contributed by atoms with van der Waals surface area (Å²) in [5.74, 6) is 0.362. The van der Waals surface area contributed by atoms with Crippen LogP contribution in [0.5, 0.6) is 0 Å². The zero-order valence-corrected chi connectivity index (χ0v) is 39.4. The maximum atomic E-state index is 13.5. The van der Waals surface area contributed by atoms with Crippen LogP contribution in [0.25, 0.3) is 33.2 Å². The normalized spacial score (nSPS) is 26.7. The third-order valence-electron chi connectivity index (χ3n) is 17.1. The summed E-state index contributed by atoms with van der Waals surface area (Å²) in [6.45, 7) is 0.930. The molecule has 5 aliphatic rings. The van der Waals surface area contributed by atoms with Gasteiger partial charge in [-0.3, -0.25) is 9.97 Å². The summed E-state index contributed by atoms with van der Waals surface area (Å²) in [6.07, 6.45) is 21.6. The van der Waals surface area contributed by atoms with Crippen LogP contribution in [-0.2, 0) is 41.3 Å². The van der Waals surface area contributed by atoms with E-state index in [1.165, 1.54) is 65.1 Å². The van der Waals surface area contributed by atoms with Gasteiger partial charge in [0.25, 0.3) is 0 Å². The summed E-state index contributed by atoms with van der Waals surface area (Å²) >= 11 is 0. The summed E-state index contributed by atoms with van der Waals surface area (Å²) in [5.41, 5.74) is 10.8. The molecule has 0 bridgehead atoms. The average molecular weight is 934 g/mol. The van der Waals surface area contributed by atoms with E-state index in [1.807, 2.05) is 52.4 Å². The van der Waals surface area contributed by atoms with Gasteiger partial charge in [-0.25, -0.2) is 18.1 Å². The first kappa shape index (κ1) is 44.6. The molecule has 1 saturated heterocycles. The fourth-order valence-corrected chi connectivity index (χ4v) is 13.5. The number of epoxide rings is 1. The monoisotopic (exact) mass is 933 g/mol. The van der Waals surface area contributed by atoms with Gasteiger partial charge in [-0.2, -0.15) is 15.5 Å². The Morgan fingerprint density at radius 2 is 1.14 bits per heavy atom. The molecule has 13 rings (SSSR count). The van der Waals surface area contributed by atoms with Gasteiger partial charge in [-0.05, 0) is 221 Å². The number of rotatable bonds is 7. The lowest BCUT2D eigenvalue weighted by molar-refractivity contribution is -0.0439. The average Bonchev–Trinajstić information content (AvgIpc) is 3.90. The maximum absolute atomic E-state index is 13.5. The first-order chi connectivity index (χ1) is 34.1. The highest BCUT2D eigenvalue weighted by Crippen LogP contribution is 2.58. The van der Waals surface area contributed by atoms with E-state index in [4.69, 9.17) is 14.8 Å². The number of fused-ring (bicyclic) bond motifs is 8. The minimum atomic E-state index is -0.922. The van der Waals surface area contributed by atoms with E-state index >= 15 is 0 Å². The standard InChI is InChI=1S/C30H29FN4O.C29H28FN3O/c31-24-7-9-26(10-8-24)35-28-17-21-4-3-5-23-18-29(36,13-14-32)11-12-30(23,19-25-6-1-2-15-33-25)27(21)16-22(28)20-34-35;30-23-7-9-25(10-8-23)33-27-15-20-4-3-5-22-16-28(19-34-28)11-12-29(22,17-24-6-1-2-13-31-24)26(20)14-21(27)18-32-33/h1-2,6-10,15-17,20,23,36H,3-5,11-13,18-19H2;1-2,6-10,13-15,18,22H,3-5,11-12,16-17,19H2/t23-,29-,30-;22-,28+,29-/m00/s1. The quantitative estimate of drug-likeness (QED) is 0.158. The minimum Gasteiger partial charge on any atom is -0.389 e. The van der Waals surface area contributed by atoms with Crippen molar-refractivity contribution in [2.24, 2.45) is 11.8 Å². The van der Waals surface area contributed by atoms with Crippen molar-refractivity contribution < 1.29 is 18.6 Å². The number of hydrogen-bond acceptors (Lipinski definition) is 7. The highest BCUT2D eigenvalue weighted by Gasteiger charge is 2.57. The SMILES string of the molecule is Fc1ccc(-n2ncc3cc4c(cc32)CCC[C@H]2C[C@]3(CC[C@@]42Cc2ccccn2)CO3)cc1.N#CC[C@@]1(O)CC[C@@]2(Cc3ccccn3)c3cc4cnn(-c5ccc(F)cc5)c4cc3CCC[C@H]2C1. The molecule has 1 spiro atoms. The van der Waals surface area contributed by atoms with Crippen molar-refractivity contribution in [3.63, 3.8) is 0 Å². The lowest BCUT2D eigenvalue weighted by atomic mass is 9.56. The number of halogens is 2. The van der Waals surface area contributed by atoms with Crippen LogP contribution >= 0.6 is 0 Å². The van der Waals surface area contributed by atoms with Crippen LogP contribution in [0, 0.1) is 34.8 Å². The molecule has 5 heterocycles. The lowest BCUT2D eigenvalue weighted by Crippen LogP contribution is -2.49. The van der Waals surface area contributed by atoms with Crippen molar-refractivity contribution in [1.82, 2.24) is 29.5 Å². The molecule has 4 aromatic carbocycles. The van der Waals surface area contributed by atoms with E-state index in [1.54, 1.807) is 24.3 Å². The molecule has 8 aromatic rings. The minimum absolute atomic E-state index is 0.0730. The van der Waals surface area contributed by atoms with Gasteiger partial charge in [0.05, 0.1) is 65.1 Å². The molecule has 1 aliphatic heterocycles. The molecule has 6 atom stereocenters. The molecule has 11 heteroatoms. The second kappa shape index (κ2) is 17.7. The number of nitriles is 1. The molecule has 3 fully saturated rings. The molecular formula is C59H57F2N7O2. The van der Waals surface area contributed by atoms with E-state index in [-0.39, 0.29) is 40.4 Å². The Balaban J connectivity index is 0.000000144. The molecule has 2 saturated carbocycles. The molecule has 4 aliphatic carbocycles. The van der Waals surface area contributed by atoms with Gasteiger partial charge in [-0.15, -0.1) is 0 Å². The number of ether oxygens (including phenoxy) is 1. The number of benzene rings is 4. The van der Waals surface area contributed by atoms with Crippen LogP contribution in [0.2, 0.25) is 0 Å². The third-order valence-corrected chi connectivity index (χ3v) is 17.1. The predicted molar refractivity (Wildman–Crippen MR) is 266 cm³/mol. The zero-order valence-electron chi connectivity index (χ0n) is 39.4. The van der Waals surface area contributed by atoms with Gasteiger partial charge < -0.3 is 9.84 Å². The Morgan fingerprint density at radius 1 is 0.643 bits per heavy atom. The number of aliphatic hydroxyl groups is 1. The number of aryl methyl sites for hydroxylation is 2. The predicted octanol–water partition coefficient (Wildman–Crippen LogP) is 11.8. The zero-order chi connectivity index (χ0) is 47.5. The van der Waals surface area contributed by atoms with E-state index in [0.717, 1.165) is 110 Å². The largest absolute Gasteiger partial charge is 0.389 e. The Labute approximate surface area is 407 Å². The van der Waals surface area contributed by atoms with E-state index in [2.05, 4.69) is 58.6 Å². The number of hydrogen-bond donors (Lipinski definition) is 1. The van der Waals surface area contributed by atoms with Crippen LogP contribution in [0.3, 0.4) is 0 Å². The highest BCUT2D eigenvalue weighted by molar-refractivity contribution is 5.84. The van der Waals surface area contributed by atoms with E-state index in [9.17, 15) is 19.1 Å². The van der Waals surface area contributed by atoms with Gasteiger partial charge in [0, 0.05) is 45.4 Å². The Bertz CT molecular complexity index is 3240. The number of aromatic nitrogens is 6. The van der Waals surface area contributed by atoms with Crippen molar-refractivity contribution in [3.05, 3.63) is 179 Å². The summed E-state index contributed by atoms with van der Waals surface area (Å²) in [7, 11) is 0. The first-order valence-corrected chi connectivity index (χ1v) is 25.2. The van der Waals surface area contributed by atoms with Crippen LogP contribution in [0.4, 0.5) is 8.78 Å². The van der Waals surface area contributed by atoms with Crippen molar-refractivity contribution in [2.45, 2.75) is 118 Å². The van der Waals surface area contributed by atoms with Crippen molar-refractivity contribution in [3.8, 4) is 17.4 Å². The Hall–Kier alpha value is -6.61. The van der Waals surface area contributed by atoms with Crippen LogP contribution in [0.15, 0.2) is 134 Å². The van der Waals surface area contributed by atoms with Gasteiger partial charge in [-0.1, -0.05) is 12.1 Å². The maximum Gasteiger partial charge on any atom is 0.123 e. The molecule has 1 N–H and O–H groups in total. The smallest absolute Gasteiger partial charge is 0.123 e. The van der Waals surface area contributed by atoms with E-state index in [0.29, 0.717) is 18.8 Å². The van der Waals surface area contributed by atoms with Crippen LogP contribution < -0.4 is 0 Å². The van der Waals surface area contributed by atoms with Gasteiger partial charge in [0.1, 0.15) is 11.6 Å². The Kier molecular flexibility index (Phi) is 11.2. The first-order valence-electron chi connectivity index (χ1n) is 25.2.